The van der Waals surface area contributed by atoms with Crippen molar-refractivity contribution in [1.29, 1.82) is 0 Å². The van der Waals surface area contributed by atoms with Crippen molar-refractivity contribution in [3.05, 3.63) is 129 Å². The van der Waals surface area contributed by atoms with Crippen LogP contribution in [-0.4, -0.2) is 21.8 Å². The Balaban J connectivity index is 1.56. The smallest absolute Gasteiger partial charge is 0.343 e. The molecule has 0 amide bonds. The van der Waals surface area contributed by atoms with Crippen LogP contribution in [0.5, 0.6) is 5.75 Å². The minimum absolute atomic E-state index is 0.321. The number of aromatic nitrogens is 2. The Morgan fingerprint density at radius 1 is 0.917 bits per heavy atom. The van der Waals surface area contributed by atoms with Crippen LogP contribution in [0.25, 0.3) is 22.3 Å². The van der Waals surface area contributed by atoms with Crippen LogP contribution in [0, 0.1) is 6.92 Å². The number of hydrogen-bond donors (Lipinski definition) is 0. The molecule has 0 N–H and O–H groups in total. The number of aryl methyl sites for hydroxylation is 1. The average Bonchev–Trinajstić information content (AvgIpc) is 2.90. The summed E-state index contributed by atoms with van der Waals surface area (Å²) in [6.45, 7) is 1.95. The summed E-state index contributed by atoms with van der Waals surface area (Å²) in [5.74, 6) is 0.199. The largest absolute Gasteiger partial charge is 0.422 e. The molecule has 0 radical (unpaired) electrons. The summed E-state index contributed by atoms with van der Waals surface area (Å²) in [6, 6.07) is 28.2. The summed E-state index contributed by atoms with van der Waals surface area (Å²) < 4.78 is 6.88. The lowest BCUT2D eigenvalue weighted by molar-refractivity contribution is 0.0734. The van der Waals surface area contributed by atoms with Gasteiger partial charge in [0.1, 0.15) is 5.75 Å². The van der Waals surface area contributed by atoms with Crippen molar-refractivity contribution in [2.75, 3.05) is 0 Å². The van der Waals surface area contributed by atoms with E-state index in [-0.39, 0.29) is 5.56 Å². The van der Waals surface area contributed by atoms with E-state index in [1.807, 2.05) is 25.1 Å². The monoisotopic (exact) mass is 493 g/mol. The van der Waals surface area contributed by atoms with E-state index < -0.39 is 5.97 Å². The van der Waals surface area contributed by atoms with Gasteiger partial charge in [-0.1, -0.05) is 53.6 Å². The summed E-state index contributed by atoms with van der Waals surface area (Å²) in [6.07, 6.45) is 1.48. The molecule has 6 nitrogen and oxygen atoms in total. The summed E-state index contributed by atoms with van der Waals surface area (Å²) in [4.78, 5) is 30.7. The molecule has 0 aliphatic rings. The fourth-order valence-corrected chi connectivity index (χ4v) is 3.79. The normalized spacial score (nSPS) is 11.2. The molecular formula is C29H20ClN3O3. The quantitative estimate of drug-likeness (QED) is 0.168. The fraction of sp³-hybridized carbons (Fsp3) is 0.0345. The van der Waals surface area contributed by atoms with Crippen molar-refractivity contribution in [3.8, 4) is 17.1 Å². The Hall–Kier alpha value is -4.55. The number of para-hydroxylation sites is 2. The lowest BCUT2D eigenvalue weighted by Crippen LogP contribution is -2.20. The predicted molar refractivity (Wildman–Crippen MR) is 142 cm³/mol. The van der Waals surface area contributed by atoms with Gasteiger partial charge in [0.2, 0.25) is 0 Å². The number of carbonyl (C=O) groups excluding carboxylic acids is 1. The summed E-state index contributed by atoms with van der Waals surface area (Å²) in [5.41, 5.74) is 2.93. The molecule has 0 bridgehead atoms. The average molecular weight is 494 g/mol. The number of halogens is 1. The second-order valence-corrected chi connectivity index (χ2v) is 8.55. The summed E-state index contributed by atoms with van der Waals surface area (Å²) in [7, 11) is 0. The van der Waals surface area contributed by atoms with Gasteiger partial charge in [0.25, 0.3) is 5.56 Å². The maximum atomic E-state index is 13.4. The highest BCUT2D eigenvalue weighted by atomic mass is 35.5. The van der Waals surface area contributed by atoms with Gasteiger partial charge in [-0.05, 0) is 67.6 Å². The van der Waals surface area contributed by atoms with E-state index in [2.05, 4.69) is 10.1 Å². The van der Waals surface area contributed by atoms with Crippen LogP contribution in [0.3, 0.4) is 0 Å². The molecule has 1 heterocycles. The molecule has 0 aliphatic heterocycles. The molecule has 1 aromatic heterocycles. The number of fused-ring (bicyclic) bond motifs is 1. The third-order valence-corrected chi connectivity index (χ3v) is 5.83. The van der Waals surface area contributed by atoms with Crippen LogP contribution in [0.15, 0.2) is 107 Å². The van der Waals surface area contributed by atoms with Gasteiger partial charge in [0.05, 0.1) is 22.7 Å². The zero-order valence-electron chi connectivity index (χ0n) is 19.3. The van der Waals surface area contributed by atoms with Crippen LogP contribution in [0.1, 0.15) is 21.5 Å². The van der Waals surface area contributed by atoms with E-state index in [4.69, 9.17) is 16.3 Å². The first-order chi connectivity index (χ1) is 17.5. The minimum Gasteiger partial charge on any atom is -0.422 e. The Morgan fingerprint density at radius 3 is 2.39 bits per heavy atom. The van der Waals surface area contributed by atoms with E-state index >= 15 is 0 Å². The lowest BCUT2D eigenvalue weighted by Gasteiger charge is -2.10. The second-order valence-electron chi connectivity index (χ2n) is 8.11. The number of ether oxygens (including phenoxy) is 1. The maximum Gasteiger partial charge on any atom is 0.343 e. The van der Waals surface area contributed by atoms with Gasteiger partial charge >= 0.3 is 5.97 Å². The highest BCUT2D eigenvalue weighted by Gasteiger charge is 2.14. The lowest BCUT2D eigenvalue weighted by atomic mass is 10.1. The molecule has 5 aromatic rings. The van der Waals surface area contributed by atoms with Gasteiger partial charge in [-0.15, -0.1) is 0 Å². The van der Waals surface area contributed by atoms with Crippen LogP contribution < -0.4 is 10.3 Å². The van der Waals surface area contributed by atoms with Crippen molar-refractivity contribution in [3.63, 3.8) is 0 Å². The molecule has 0 fully saturated rings. The second kappa shape index (κ2) is 9.98. The van der Waals surface area contributed by atoms with Crippen LogP contribution >= 0.6 is 11.6 Å². The van der Waals surface area contributed by atoms with Crippen LogP contribution in [0.2, 0.25) is 5.02 Å². The van der Waals surface area contributed by atoms with E-state index in [9.17, 15) is 9.59 Å². The summed E-state index contributed by atoms with van der Waals surface area (Å²) >= 11 is 6.06. The molecule has 176 valence electrons. The van der Waals surface area contributed by atoms with Crippen molar-refractivity contribution < 1.29 is 9.53 Å². The molecule has 0 aliphatic carbocycles. The highest BCUT2D eigenvalue weighted by Crippen LogP contribution is 2.22. The molecular weight excluding hydrogens is 474 g/mol. The first kappa shape index (κ1) is 23.2. The van der Waals surface area contributed by atoms with Gasteiger partial charge < -0.3 is 4.74 Å². The zero-order valence-corrected chi connectivity index (χ0v) is 20.0. The third kappa shape index (κ3) is 4.80. The van der Waals surface area contributed by atoms with Gasteiger partial charge in [0, 0.05) is 16.1 Å². The van der Waals surface area contributed by atoms with Crippen molar-refractivity contribution in [2.24, 2.45) is 5.10 Å². The maximum absolute atomic E-state index is 13.4. The standard InChI is InChI=1S/C29H20ClN3O3/c1-19-10-12-21(13-11-19)29(35)36-26-9-5-2-6-22(26)18-31-33-27(20-14-16-23(30)17-15-20)32-25-8-4-3-7-24(25)28(33)34/h2-18H,1H3/b31-18-. The van der Waals surface area contributed by atoms with Crippen molar-refractivity contribution >= 4 is 34.7 Å². The molecule has 0 saturated heterocycles. The number of hydrogen-bond acceptors (Lipinski definition) is 5. The molecule has 36 heavy (non-hydrogen) atoms. The Morgan fingerprint density at radius 2 is 1.61 bits per heavy atom. The minimum atomic E-state index is -0.484. The SMILES string of the molecule is Cc1ccc(C(=O)Oc2ccccc2/C=N\n2c(-c3ccc(Cl)cc3)nc3ccccc3c2=O)cc1. The Kier molecular flexibility index (Phi) is 6.43. The molecule has 0 saturated carbocycles. The number of esters is 1. The number of benzene rings is 4. The van der Waals surface area contributed by atoms with Crippen LogP contribution in [0.4, 0.5) is 0 Å². The molecule has 7 heteroatoms. The molecule has 4 aromatic carbocycles. The van der Waals surface area contributed by atoms with Gasteiger partial charge in [-0.25, -0.2) is 9.78 Å². The van der Waals surface area contributed by atoms with E-state index in [0.29, 0.717) is 44.2 Å². The van der Waals surface area contributed by atoms with E-state index in [0.717, 1.165) is 5.56 Å². The fourth-order valence-electron chi connectivity index (χ4n) is 3.67. The first-order valence-electron chi connectivity index (χ1n) is 11.2. The topological polar surface area (TPSA) is 73.5 Å². The zero-order chi connectivity index (χ0) is 25.1. The molecule has 0 atom stereocenters. The van der Waals surface area contributed by atoms with Crippen LogP contribution in [-0.2, 0) is 0 Å². The molecule has 5 rings (SSSR count). The number of rotatable bonds is 5. The predicted octanol–water partition coefficient (Wildman–Crippen LogP) is 6.13. The Bertz CT molecular complexity index is 1660. The van der Waals surface area contributed by atoms with E-state index in [1.54, 1.807) is 78.9 Å². The third-order valence-electron chi connectivity index (χ3n) is 5.58. The van der Waals surface area contributed by atoms with E-state index in [1.165, 1.54) is 10.9 Å². The highest BCUT2D eigenvalue weighted by molar-refractivity contribution is 6.30. The van der Waals surface area contributed by atoms with Crippen molar-refractivity contribution in [2.45, 2.75) is 6.92 Å². The first-order valence-corrected chi connectivity index (χ1v) is 11.6. The van der Waals surface area contributed by atoms with Crippen molar-refractivity contribution in [1.82, 2.24) is 9.66 Å². The van der Waals surface area contributed by atoms with Gasteiger partial charge in [-0.3, -0.25) is 4.79 Å². The van der Waals surface area contributed by atoms with Gasteiger partial charge in [-0.2, -0.15) is 9.78 Å². The van der Waals surface area contributed by atoms with Gasteiger partial charge in [0.15, 0.2) is 5.82 Å². The molecule has 0 unspecified atom stereocenters. The number of nitrogens with zero attached hydrogens (tertiary/aromatic N) is 3. The Labute approximate surface area is 212 Å². The number of carbonyl (C=O) groups is 1. The molecule has 0 spiro atoms. The summed E-state index contributed by atoms with van der Waals surface area (Å²) in [5, 5.41) is 5.48.